The number of nitrogens with zero attached hydrogens (tertiary/aromatic N) is 3. The number of rotatable bonds is 10. The monoisotopic (exact) mass is 552 g/mol. The van der Waals surface area contributed by atoms with Gasteiger partial charge in [-0.05, 0) is 99.5 Å². The van der Waals surface area contributed by atoms with Gasteiger partial charge < -0.3 is 24.6 Å². The van der Waals surface area contributed by atoms with Gasteiger partial charge >= 0.3 is 5.97 Å². The maximum Gasteiger partial charge on any atom is 0.338 e. The van der Waals surface area contributed by atoms with Crippen molar-refractivity contribution in [3.05, 3.63) is 54.1 Å². The van der Waals surface area contributed by atoms with Crippen LogP contribution in [0, 0.1) is 5.92 Å². The van der Waals surface area contributed by atoms with E-state index in [2.05, 4.69) is 17.1 Å². The number of hydrogen-bond donors (Lipinski definition) is 1. The van der Waals surface area contributed by atoms with Crippen molar-refractivity contribution in [1.82, 2.24) is 9.80 Å². The van der Waals surface area contributed by atoms with Crippen molar-refractivity contribution in [2.24, 2.45) is 5.92 Å². The maximum absolute atomic E-state index is 13.7. The fourth-order valence-electron chi connectivity index (χ4n) is 4.88. The van der Waals surface area contributed by atoms with Gasteiger partial charge in [0.05, 0.1) is 31.4 Å². The lowest BCUT2D eigenvalue weighted by Gasteiger charge is -2.32. The van der Waals surface area contributed by atoms with Crippen molar-refractivity contribution in [3.8, 4) is 5.75 Å². The van der Waals surface area contributed by atoms with Crippen molar-refractivity contribution < 1.29 is 23.9 Å². The molecule has 2 amide bonds. The van der Waals surface area contributed by atoms with Crippen LogP contribution in [-0.4, -0.2) is 78.6 Å². The molecule has 2 heterocycles. The minimum Gasteiger partial charge on any atom is -0.497 e. The average molecular weight is 553 g/mol. The fraction of sp³-hybridized carbons (Fsp3) is 0.448. The summed E-state index contributed by atoms with van der Waals surface area (Å²) in [6.07, 6.45) is 2.26. The summed E-state index contributed by atoms with van der Waals surface area (Å²) in [5.74, 6) is 0.439. The molecular formula is C29H36N4O5S. The van der Waals surface area contributed by atoms with Gasteiger partial charge in [0.15, 0.2) is 5.11 Å². The molecule has 2 aromatic rings. The first-order chi connectivity index (χ1) is 18.8. The molecule has 1 atom stereocenters. The molecule has 0 bridgehead atoms. The van der Waals surface area contributed by atoms with E-state index in [0.717, 1.165) is 38.4 Å². The molecule has 2 saturated heterocycles. The Morgan fingerprint density at radius 2 is 1.69 bits per heavy atom. The van der Waals surface area contributed by atoms with E-state index in [1.807, 2.05) is 4.90 Å². The minimum absolute atomic E-state index is 0.0422. The lowest BCUT2D eigenvalue weighted by molar-refractivity contribution is -0.124. The number of benzene rings is 2. The summed E-state index contributed by atoms with van der Waals surface area (Å²) in [5.41, 5.74) is 1.56. The van der Waals surface area contributed by atoms with Gasteiger partial charge in [-0.15, -0.1) is 0 Å². The Labute approximate surface area is 235 Å². The highest BCUT2D eigenvalue weighted by molar-refractivity contribution is 7.80. The molecule has 0 aliphatic carbocycles. The number of esters is 1. The quantitative estimate of drug-likeness (QED) is 0.350. The first-order valence-corrected chi connectivity index (χ1v) is 13.8. The molecule has 4 rings (SSSR count). The topological polar surface area (TPSA) is 91.4 Å². The first kappa shape index (κ1) is 28.5. The summed E-state index contributed by atoms with van der Waals surface area (Å²) >= 11 is 5.80. The lowest BCUT2D eigenvalue weighted by Crippen LogP contribution is -2.44. The summed E-state index contributed by atoms with van der Waals surface area (Å²) in [6, 6.07) is 12.9. The lowest BCUT2D eigenvalue weighted by atomic mass is 9.99. The highest BCUT2D eigenvalue weighted by atomic mass is 32.1. The van der Waals surface area contributed by atoms with E-state index in [1.54, 1.807) is 62.6 Å². The zero-order valence-corrected chi connectivity index (χ0v) is 23.5. The number of nitrogens with one attached hydrogen (secondary N) is 1. The summed E-state index contributed by atoms with van der Waals surface area (Å²) < 4.78 is 10.2. The van der Waals surface area contributed by atoms with E-state index in [-0.39, 0.29) is 24.8 Å². The Morgan fingerprint density at radius 1 is 1.03 bits per heavy atom. The van der Waals surface area contributed by atoms with Crippen LogP contribution in [0.25, 0.3) is 0 Å². The number of methoxy groups -OCH3 is 1. The van der Waals surface area contributed by atoms with Gasteiger partial charge in [-0.1, -0.05) is 6.92 Å². The number of carbonyl (C=O) groups excluding carboxylic acids is 3. The van der Waals surface area contributed by atoms with E-state index in [9.17, 15) is 14.4 Å². The molecule has 208 valence electrons. The number of hydrogen-bond acceptors (Lipinski definition) is 7. The third kappa shape index (κ3) is 6.93. The summed E-state index contributed by atoms with van der Waals surface area (Å²) in [6.45, 7) is 7.62. The molecule has 2 aliphatic heterocycles. The van der Waals surface area contributed by atoms with Gasteiger partial charge in [0.1, 0.15) is 11.8 Å². The molecule has 2 aliphatic rings. The molecule has 0 aromatic heterocycles. The van der Waals surface area contributed by atoms with Crippen molar-refractivity contribution >= 4 is 46.5 Å². The molecule has 9 nitrogen and oxygen atoms in total. The van der Waals surface area contributed by atoms with Crippen LogP contribution in [0.15, 0.2) is 48.5 Å². The molecule has 1 N–H and O–H groups in total. The van der Waals surface area contributed by atoms with Gasteiger partial charge in [-0.25, -0.2) is 4.79 Å². The number of thiocarbonyl (C=S) groups is 1. The van der Waals surface area contributed by atoms with Gasteiger partial charge in [0, 0.05) is 18.8 Å². The second-order valence-electron chi connectivity index (χ2n) is 9.94. The van der Waals surface area contributed by atoms with Gasteiger partial charge in [-0.2, -0.15) is 0 Å². The number of piperidine rings is 1. The van der Waals surface area contributed by atoms with E-state index in [1.165, 1.54) is 4.90 Å². The van der Waals surface area contributed by atoms with Crippen LogP contribution in [0.5, 0.6) is 5.75 Å². The number of amides is 2. The molecule has 2 fully saturated rings. The zero-order valence-electron chi connectivity index (χ0n) is 22.7. The zero-order chi connectivity index (χ0) is 27.9. The second-order valence-corrected chi connectivity index (χ2v) is 10.3. The third-order valence-electron chi connectivity index (χ3n) is 7.24. The van der Waals surface area contributed by atoms with Crippen molar-refractivity contribution in [2.45, 2.75) is 39.2 Å². The Hall–Kier alpha value is -3.50. The fourth-order valence-corrected chi connectivity index (χ4v) is 5.30. The van der Waals surface area contributed by atoms with E-state index >= 15 is 0 Å². The van der Waals surface area contributed by atoms with Crippen LogP contribution in [0.1, 0.15) is 43.5 Å². The van der Waals surface area contributed by atoms with Crippen LogP contribution >= 0.6 is 12.2 Å². The average Bonchev–Trinajstić information content (AvgIpc) is 3.17. The van der Waals surface area contributed by atoms with Crippen LogP contribution in [0.3, 0.4) is 0 Å². The smallest absolute Gasteiger partial charge is 0.338 e. The Balaban J connectivity index is 1.51. The van der Waals surface area contributed by atoms with Crippen molar-refractivity contribution in [1.29, 1.82) is 0 Å². The van der Waals surface area contributed by atoms with Gasteiger partial charge in [0.2, 0.25) is 5.91 Å². The summed E-state index contributed by atoms with van der Waals surface area (Å²) in [5, 5.41) is 3.23. The molecule has 39 heavy (non-hydrogen) atoms. The number of ether oxygens (including phenoxy) is 2. The molecular weight excluding hydrogens is 516 g/mol. The Morgan fingerprint density at radius 3 is 2.31 bits per heavy atom. The molecule has 10 heteroatoms. The predicted octanol–water partition coefficient (Wildman–Crippen LogP) is 3.93. The normalized spacial score (nSPS) is 18.4. The predicted molar refractivity (Wildman–Crippen MR) is 154 cm³/mol. The summed E-state index contributed by atoms with van der Waals surface area (Å²) in [7, 11) is 1.58. The van der Waals surface area contributed by atoms with Crippen LogP contribution in [0.4, 0.5) is 11.4 Å². The molecule has 0 saturated carbocycles. The van der Waals surface area contributed by atoms with Crippen LogP contribution in [0.2, 0.25) is 0 Å². The number of carbonyl (C=O) groups is 3. The SMILES string of the molecule is CCOC(=O)c1ccc(N2C(=O)C(CC(=O)Nc3ccc(OC)cc3)N(CCN3CCC(C)CC3)C2=S)cc1. The molecule has 2 aromatic carbocycles. The van der Waals surface area contributed by atoms with Crippen molar-refractivity contribution in [2.75, 3.05) is 50.1 Å². The van der Waals surface area contributed by atoms with E-state index in [0.29, 0.717) is 34.3 Å². The molecule has 0 spiro atoms. The number of likely N-dealkylation sites (tertiary alicyclic amines) is 1. The highest BCUT2D eigenvalue weighted by Gasteiger charge is 2.44. The van der Waals surface area contributed by atoms with Gasteiger partial charge in [-0.3, -0.25) is 14.5 Å². The van der Waals surface area contributed by atoms with Crippen LogP contribution < -0.4 is 15.0 Å². The highest BCUT2D eigenvalue weighted by Crippen LogP contribution is 2.28. The Bertz CT molecular complexity index is 1180. The molecule has 1 unspecified atom stereocenters. The second kappa shape index (κ2) is 13.0. The standard InChI is InChI=1S/C29H36N4O5S/c1-4-38-28(36)21-5-9-23(10-6-21)33-27(35)25(19-26(34)30-22-7-11-24(37-3)12-8-22)32(29(33)39)18-17-31-15-13-20(2)14-16-31/h5-12,20,25H,4,13-19H2,1-3H3,(H,30,34). The third-order valence-corrected chi connectivity index (χ3v) is 7.66. The summed E-state index contributed by atoms with van der Waals surface area (Å²) in [4.78, 5) is 44.5. The largest absolute Gasteiger partial charge is 0.497 e. The first-order valence-electron chi connectivity index (χ1n) is 13.4. The molecule has 0 radical (unpaired) electrons. The van der Waals surface area contributed by atoms with Crippen LogP contribution in [-0.2, 0) is 14.3 Å². The number of anilines is 2. The van der Waals surface area contributed by atoms with Crippen molar-refractivity contribution in [3.63, 3.8) is 0 Å². The van der Waals surface area contributed by atoms with E-state index < -0.39 is 12.0 Å². The maximum atomic E-state index is 13.7. The minimum atomic E-state index is -0.732. The van der Waals surface area contributed by atoms with E-state index in [4.69, 9.17) is 21.7 Å². The Kier molecular flexibility index (Phi) is 9.53. The van der Waals surface area contributed by atoms with Gasteiger partial charge in [0.25, 0.3) is 5.91 Å².